The predicted octanol–water partition coefficient (Wildman–Crippen LogP) is 3.10. The molecule has 2 rings (SSSR count). The Bertz CT molecular complexity index is 536. The molecule has 0 bridgehead atoms. The molecule has 0 radical (unpaired) electrons. The molecule has 4 nitrogen and oxygen atoms in total. The maximum atomic E-state index is 11.3. The molecule has 3 atom stereocenters. The smallest absolute Gasteiger partial charge is 0.306 e. The Morgan fingerprint density at radius 3 is 2.95 bits per heavy atom. The summed E-state index contributed by atoms with van der Waals surface area (Å²) in [5, 5.41) is 21.7. The number of benzene rings is 1. The van der Waals surface area contributed by atoms with Crippen LogP contribution >= 0.6 is 0 Å². The van der Waals surface area contributed by atoms with E-state index in [0.717, 1.165) is 37.8 Å². The summed E-state index contributed by atoms with van der Waals surface area (Å²) in [5.74, 6) is -0.678. The summed E-state index contributed by atoms with van der Waals surface area (Å²) in [5.41, 5.74) is 1.72. The van der Waals surface area contributed by atoms with Gasteiger partial charge in [0.2, 0.25) is 0 Å². The Hall–Kier alpha value is -1.86. The van der Waals surface area contributed by atoms with E-state index in [9.17, 15) is 9.90 Å². The summed E-state index contributed by atoms with van der Waals surface area (Å²) in [4.78, 5) is 11.3. The van der Waals surface area contributed by atoms with Gasteiger partial charge in [0.05, 0.1) is 17.6 Å². The molecule has 1 aromatic rings. The van der Waals surface area contributed by atoms with Crippen LogP contribution in [0.1, 0.15) is 49.8 Å². The molecule has 1 aliphatic carbocycles. The number of nitriles is 1. The molecule has 1 fully saturated rings. The summed E-state index contributed by atoms with van der Waals surface area (Å²) < 4.78 is 0. The van der Waals surface area contributed by atoms with Gasteiger partial charge in [-0.3, -0.25) is 4.79 Å². The number of hydrogen-bond donors (Lipinski definition) is 2. The van der Waals surface area contributed by atoms with Gasteiger partial charge >= 0.3 is 5.97 Å². The van der Waals surface area contributed by atoms with Gasteiger partial charge in [-0.1, -0.05) is 25.0 Å². The molecular weight excluding hydrogens is 264 g/mol. The number of aliphatic carboxylic acids is 1. The van der Waals surface area contributed by atoms with E-state index in [1.54, 1.807) is 6.07 Å². The first-order valence-corrected chi connectivity index (χ1v) is 7.58. The highest BCUT2D eigenvalue weighted by Gasteiger charge is 2.30. The predicted molar refractivity (Wildman–Crippen MR) is 80.7 cm³/mol. The van der Waals surface area contributed by atoms with E-state index < -0.39 is 5.97 Å². The van der Waals surface area contributed by atoms with Crippen molar-refractivity contribution in [1.82, 2.24) is 5.32 Å². The van der Waals surface area contributed by atoms with Crippen molar-refractivity contribution in [1.29, 1.82) is 5.26 Å². The van der Waals surface area contributed by atoms with Crippen molar-refractivity contribution < 1.29 is 9.90 Å². The molecule has 0 aliphatic heterocycles. The average Bonchev–Trinajstić information content (AvgIpc) is 2.52. The zero-order chi connectivity index (χ0) is 15.2. The van der Waals surface area contributed by atoms with Crippen LogP contribution in [0, 0.1) is 23.2 Å². The van der Waals surface area contributed by atoms with Crippen LogP contribution in [-0.2, 0) is 4.79 Å². The van der Waals surface area contributed by atoms with Gasteiger partial charge in [0.1, 0.15) is 0 Å². The van der Waals surface area contributed by atoms with Gasteiger partial charge in [0.25, 0.3) is 0 Å². The van der Waals surface area contributed by atoms with E-state index in [0.29, 0.717) is 5.56 Å². The van der Waals surface area contributed by atoms with E-state index in [-0.39, 0.29) is 17.9 Å². The molecule has 112 valence electrons. The largest absolute Gasteiger partial charge is 0.481 e. The zero-order valence-corrected chi connectivity index (χ0v) is 12.4. The number of hydrogen-bond acceptors (Lipinski definition) is 3. The minimum Gasteiger partial charge on any atom is -0.481 e. The van der Waals surface area contributed by atoms with Gasteiger partial charge in [0, 0.05) is 6.04 Å². The van der Waals surface area contributed by atoms with E-state index in [4.69, 9.17) is 5.26 Å². The standard InChI is InChI=1S/C17H22N2O2/c1-12(14-7-4-5-13(9-14)10-18)19-11-15-6-2-3-8-16(15)17(20)21/h4-5,7,9,12,15-16,19H,2-3,6,8,11H2,1H3,(H,20,21). The van der Waals surface area contributed by atoms with Crippen LogP contribution < -0.4 is 5.32 Å². The van der Waals surface area contributed by atoms with Crippen LogP contribution in [0.4, 0.5) is 0 Å². The van der Waals surface area contributed by atoms with Crippen LogP contribution in [0.5, 0.6) is 0 Å². The van der Waals surface area contributed by atoms with Crippen molar-refractivity contribution in [3.05, 3.63) is 35.4 Å². The molecule has 21 heavy (non-hydrogen) atoms. The monoisotopic (exact) mass is 286 g/mol. The minimum absolute atomic E-state index is 0.120. The number of nitrogens with zero attached hydrogens (tertiary/aromatic N) is 1. The number of carboxylic acid groups (broad SMARTS) is 1. The van der Waals surface area contributed by atoms with Gasteiger partial charge in [-0.05, 0) is 49.9 Å². The van der Waals surface area contributed by atoms with Gasteiger partial charge in [0.15, 0.2) is 0 Å². The molecule has 1 aromatic carbocycles. The van der Waals surface area contributed by atoms with Crippen molar-refractivity contribution in [2.24, 2.45) is 11.8 Å². The summed E-state index contributed by atoms with van der Waals surface area (Å²) in [6.45, 7) is 2.77. The quantitative estimate of drug-likeness (QED) is 0.872. The molecule has 4 heteroatoms. The first-order chi connectivity index (χ1) is 10.1. The third-order valence-corrected chi connectivity index (χ3v) is 4.43. The first kappa shape index (κ1) is 15.5. The molecule has 0 amide bonds. The lowest BCUT2D eigenvalue weighted by atomic mass is 9.79. The molecule has 0 saturated heterocycles. The number of carbonyl (C=O) groups is 1. The van der Waals surface area contributed by atoms with Crippen molar-refractivity contribution in [2.75, 3.05) is 6.54 Å². The Morgan fingerprint density at radius 1 is 1.48 bits per heavy atom. The van der Waals surface area contributed by atoms with Crippen molar-refractivity contribution in [2.45, 2.75) is 38.6 Å². The topological polar surface area (TPSA) is 73.1 Å². The molecule has 1 saturated carbocycles. The van der Waals surface area contributed by atoms with Crippen molar-refractivity contribution >= 4 is 5.97 Å². The second-order valence-electron chi connectivity index (χ2n) is 5.86. The summed E-state index contributed by atoms with van der Waals surface area (Å²) in [7, 11) is 0. The maximum absolute atomic E-state index is 11.3. The molecule has 0 heterocycles. The Morgan fingerprint density at radius 2 is 2.24 bits per heavy atom. The summed E-state index contributed by atoms with van der Waals surface area (Å²) in [6.07, 6.45) is 3.91. The molecule has 2 N–H and O–H groups in total. The second-order valence-corrected chi connectivity index (χ2v) is 5.86. The second kappa shape index (κ2) is 7.24. The molecule has 0 aromatic heterocycles. The van der Waals surface area contributed by atoms with Gasteiger partial charge < -0.3 is 10.4 Å². The first-order valence-electron chi connectivity index (χ1n) is 7.58. The normalized spacial score (nSPS) is 23.2. The van der Waals surface area contributed by atoms with Crippen LogP contribution in [0.3, 0.4) is 0 Å². The van der Waals surface area contributed by atoms with Crippen LogP contribution in [0.25, 0.3) is 0 Å². The van der Waals surface area contributed by atoms with E-state index in [1.165, 1.54) is 0 Å². The number of rotatable bonds is 5. The highest BCUT2D eigenvalue weighted by atomic mass is 16.4. The fourth-order valence-corrected chi connectivity index (χ4v) is 3.10. The lowest BCUT2D eigenvalue weighted by Gasteiger charge is -2.30. The van der Waals surface area contributed by atoms with Crippen LogP contribution in [0.2, 0.25) is 0 Å². The van der Waals surface area contributed by atoms with Gasteiger partial charge in [-0.2, -0.15) is 5.26 Å². The third kappa shape index (κ3) is 4.05. The Balaban J connectivity index is 1.95. The van der Waals surface area contributed by atoms with Crippen LogP contribution in [0.15, 0.2) is 24.3 Å². The fourth-order valence-electron chi connectivity index (χ4n) is 3.10. The lowest BCUT2D eigenvalue weighted by Crippen LogP contribution is -2.35. The van der Waals surface area contributed by atoms with Crippen LogP contribution in [-0.4, -0.2) is 17.6 Å². The number of carboxylic acids is 1. The SMILES string of the molecule is CC(NCC1CCCCC1C(=O)O)c1cccc(C#N)c1. The molecule has 0 spiro atoms. The highest BCUT2D eigenvalue weighted by Crippen LogP contribution is 2.30. The summed E-state index contributed by atoms with van der Waals surface area (Å²) >= 11 is 0. The zero-order valence-electron chi connectivity index (χ0n) is 12.4. The third-order valence-electron chi connectivity index (χ3n) is 4.43. The van der Waals surface area contributed by atoms with Gasteiger partial charge in [-0.15, -0.1) is 0 Å². The average molecular weight is 286 g/mol. The lowest BCUT2D eigenvalue weighted by molar-refractivity contribution is -0.144. The van der Waals surface area contributed by atoms with E-state index >= 15 is 0 Å². The van der Waals surface area contributed by atoms with Crippen molar-refractivity contribution in [3.63, 3.8) is 0 Å². The Kier molecular flexibility index (Phi) is 5.35. The Labute approximate surface area is 125 Å². The number of nitrogens with one attached hydrogen (secondary N) is 1. The highest BCUT2D eigenvalue weighted by molar-refractivity contribution is 5.70. The molecule has 3 unspecified atom stereocenters. The molecule has 1 aliphatic rings. The maximum Gasteiger partial charge on any atom is 0.306 e. The fraction of sp³-hybridized carbons (Fsp3) is 0.529. The van der Waals surface area contributed by atoms with E-state index in [1.807, 2.05) is 18.2 Å². The van der Waals surface area contributed by atoms with Gasteiger partial charge in [-0.25, -0.2) is 0 Å². The molecular formula is C17H22N2O2. The summed E-state index contributed by atoms with van der Waals surface area (Å²) in [6, 6.07) is 9.81. The van der Waals surface area contributed by atoms with Crippen molar-refractivity contribution in [3.8, 4) is 6.07 Å². The minimum atomic E-state index is -0.666. The van der Waals surface area contributed by atoms with E-state index in [2.05, 4.69) is 18.3 Å².